The minimum Gasteiger partial charge on any atom is -0.497 e. The van der Waals surface area contributed by atoms with Crippen LogP contribution in [0.25, 0.3) is 0 Å². The second-order valence-corrected chi connectivity index (χ2v) is 3.29. The van der Waals surface area contributed by atoms with Crippen molar-refractivity contribution in [2.45, 2.75) is 13.0 Å². The van der Waals surface area contributed by atoms with Crippen LogP contribution in [-0.4, -0.2) is 30.8 Å². The van der Waals surface area contributed by atoms with E-state index in [9.17, 15) is 4.79 Å². The van der Waals surface area contributed by atoms with E-state index in [-0.39, 0.29) is 18.6 Å². The predicted molar refractivity (Wildman–Crippen MR) is 57.0 cm³/mol. The van der Waals surface area contributed by atoms with Crippen LogP contribution in [0.5, 0.6) is 5.75 Å². The molecule has 2 N–H and O–H groups in total. The number of benzene rings is 1. The zero-order chi connectivity index (χ0) is 11.3. The number of aliphatic hydroxyl groups excluding tert-OH is 1. The molecule has 15 heavy (non-hydrogen) atoms. The number of aliphatic hydroxyl groups is 1. The Morgan fingerprint density at radius 2 is 2.33 bits per heavy atom. The van der Waals surface area contributed by atoms with Crippen molar-refractivity contribution in [1.82, 2.24) is 5.32 Å². The van der Waals surface area contributed by atoms with Crippen LogP contribution in [0.2, 0.25) is 0 Å². The molecule has 1 atom stereocenters. The zero-order valence-corrected chi connectivity index (χ0v) is 8.86. The highest BCUT2D eigenvalue weighted by molar-refractivity contribution is 5.94. The molecule has 0 heterocycles. The van der Waals surface area contributed by atoms with Crippen LogP contribution in [-0.2, 0) is 0 Å². The van der Waals surface area contributed by atoms with Gasteiger partial charge in [0.05, 0.1) is 13.7 Å². The van der Waals surface area contributed by atoms with E-state index in [4.69, 9.17) is 9.84 Å². The predicted octanol–water partition coefficient (Wildman–Crippen LogP) is 0.806. The Morgan fingerprint density at radius 1 is 1.60 bits per heavy atom. The number of hydrogen-bond acceptors (Lipinski definition) is 3. The van der Waals surface area contributed by atoms with Crippen molar-refractivity contribution >= 4 is 5.91 Å². The molecule has 4 heteroatoms. The van der Waals surface area contributed by atoms with Crippen molar-refractivity contribution in [1.29, 1.82) is 0 Å². The van der Waals surface area contributed by atoms with Crippen LogP contribution in [0.4, 0.5) is 0 Å². The van der Waals surface area contributed by atoms with Crippen molar-refractivity contribution < 1.29 is 14.6 Å². The van der Waals surface area contributed by atoms with E-state index in [1.54, 1.807) is 38.3 Å². The summed E-state index contributed by atoms with van der Waals surface area (Å²) in [6.07, 6.45) is 0. The van der Waals surface area contributed by atoms with Gasteiger partial charge < -0.3 is 15.2 Å². The number of carbonyl (C=O) groups excluding carboxylic acids is 1. The first-order valence-electron chi connectivity index (χ1n) is 4.73. The van der Waals surface area contributed by atoms with Gasteiger partial charge in [0.2, 0.25) is 0 Å². The van der Waals surface area contributed by atoms with E-state index >= 15 is 0 Å². The third kappa shape index (κ3) is 3.25. The van der Waals surface area contributed by atoms with Gasteiger partial charge in [-0.05, 0) is 25.1 Å². The first-order valence-corrected chi connectivity index (χ1v) is 4.73. The topological polar surface area (TPSA) is 58.6 Å². The van der Waals surface area contributed by atoms with Gasteiger partial charge in [0.1, 0.15) is 5.75 Å². The summed E-state index contributed by atoms with van der Waals surface area (Å²) >= 11 is 0. The molecule has 0 fully saturated rings. The highest BCUT2D eigenvalue weighted by Crippen LogP contribution is 2.12. The van der Waals surface area contributed by atoms with Gasteiger partial charge in [-0.25, -0.2) is 0 Å². The molecular formula is C11H15NO3. The average molecular weight is 209 g/mol. The van der Waals surface area contributed by atoms with Gasteiger partial charge >= 0.3 is 0 Å². The highest BCUT2D eigenvalue weighted by Gasteiger charge is 2.09. The van der Waals surface area contributed by atoms with Crippen LogP contribution in [0.3, 0.4) is 0 Å². The van der Waals surface area contributed by atoms with Gasteiger partial charge in [-0.1, -0.05) is 6.07 Å². The number of amides is 1. The monoisotopic (exact) mass is 209 g/mol. The fourth-order valence-corrected chi connectivity index (χ4v) is 1.12. The van der Waals surface area contributed by atoms with Crippen molar-refractivity contribution in [2.75, 3.05) is 13.7 Å². The molecule has 1 aromatic carbocycles. The number of ether oxygens (including phenoxy) is 1. The Morgan fingerprint density at radius 3 is 2.93 bits per heavy atom. The summed E-state index contributed by atoms with van der Waals surface area (Å²) < 4.78 is 5.01. The third-order valence-electron chi connectivity index (χ3n) is 1.98. The fourth-order valence-electron chi connectivity index (χ4n) is 1.12. The Kier molecular flexibility index (Phi) is 4.12. The van der Waals surface area contributed by atoms with E-state index < -0.39 is 0 Å². The van der Waals surface area contributed by atoms with E-state index in [0.29, 0.717) is 11.3 Å². The molecule has 0 saturated heterocycles. The van der Waals surface area contributed by atoms with Crippen LogP contribution in [0, 0.1) is 0 Å². The van der Waals surface area contributed by atoms with Crippen LogP contribution < -0.4 is 10.1 Å². The number of nitrogens with one attached hydrogen (secondary N) is 1. The zero-order valence-electron chi connectivity index (χ0n) is 8.86. The molecule has 0 radical (unpaired) electrons. The molecule has 0 aliphatic heterocycles. The second kappa shape index (κ2) is 5.36. The molecule has 4 nitrogen and oxygen atoms in total. The molecule has 0 bridgehead atoms. The smallest absolute Gasteiger partial charge is 0.251 e. The Hall–Kier alpha value is -1.55. The van der Waals surface area contributed by atoms with Gasteiger partial charge in [0, 0.05) is 11.6 Å². The van der Waals surface area contributed by atoms with E-state index in [2.05, 4.69) is 5.32 Å². The molecule has 1 rings (SSSR count). The lowest BCUT2D eigenvalue weighted by atomic mass is 10.2. The van der Waals surface area contributed by atoms with E-state index in [1.807, 2.05) is 0 Å². The van der Waals surface area contributed by atoms with Gasteiger partial charge in [-0.2, -0.15) is 0 Å². The number of rotatable bonds is 4. The first-order chi connectivity index (χ1) is 7.17. The maximum Gasteiger partial charge on any atom is 0.251 e. The normalized spacial score (nSPS) is 11.9. The second-order valence-electron chi connectivity index (χ2n) is 3.29. The Balaban J connectivity index is 2.73. The third-order valence-corrected chi connectivity index (χ3v) is 1.98. The van der Waals surface area contributed by atoms with Crippen LogP contribution >= 0.6 is 0 Å². The molecule has 0 aromatic heterocycles. The summed E-state index contributed by atoms with van der Waals surface area (Å²) in [5, 5.41) is 11.4. The molecule has 1 amide bonds. The number of hydrogen-bond donors (Lipinski definition) is 2. The SMILES string of the molecule is COc1cccc(C(=O)N[C@H](C)CO)c1. The van der Waals surface area contributed by atoms with Gasteiger partial charge in [0.15, 0.2) is 0 Å². The fraction of sp³-hybridized carbons (Fsp3) is 0.364. The van der Waals surface area contributed by atoms with Crippen molar-refractivity contribution in [3.8, 4) is 5.75 Å². The molecule has 0 saturated carbocycles. The molecule has 0 spiro atoms. The van der Waals surface area contributed by atoms with Crippen molar-refractivity contribution in [3.05, 3.63) is 29.8 Å². The summed E-state index contributed by atoms with van der Waals surface area (Å²) in [6, 6.07) is 6.62. The quantitative estimate of drug-likeness (QED) is 0.771. The lowest BCUT2D eigenvalue weighted by molar-refractivity contribution is 0.0922. The summed E-state index contributed by atoms with van der Waals surface area (Å²) in [7, 11) is 1.55. The summed E-state index contributed by atoms with van der Waals surface area (Å²) in [5.41, 5.74) is 0.523. The molecular weight excluding hydrogens is 194 g/mol. The van der Waals surface area contributed by atoms with Gasteiger partial charge in [0.25, 0.3) is 5.91 Å². The minimum atomic E-state index is -0.247. The minimum absolute atomic E-state index is 0.0737. The molecule has 1 aromatic rings. The molecule has 0 aliphatic rings. The van der Waals surface area contributed by atoms with Crippen molar-refractivity contribution in [3.63, 3.8) is 0 Å². The van der Waals surface area contributed by atoms with Gasteiger partial charge in [-0.15, -0.1) is 0 Å². The average Bonchev–Trinajstić information content (AvgIpc) is 2.28. The summed E-state index contributed by atoms with van der Waals surface area (Å²) in [5.74, 6) is 0.426. The summed E-state index contributed by atoms with van der Waals surface area (Å²) in [6.45, 7) is 1.66. The molecule has 0 aliphatic carbocycles. The maximum absolute atomic E-state index is 11.6. The molecule has 0 unspecified atom stereocenters. The van der Waals surface area contributed by atoms with E-state index in [0.717, 1.165) is 0 Å². The Labute approximate surface area is 88.9 Å². The lowest BCUT2D eigenvalue weighted by Crippen LogP contribution is -2.34. The highest BCUT2D eigenvalue weighted by atomic mass is 16.5. The number of methoxy groups -OCH3 is 1. The largest absolute Gasteiger partial charge is 0.497 e. The lowest BCUT2D eigenvalue weighted by Gasteiger charge is -2.11. The number of carbonyl (C=O) groups is 1. The van der Waals surface area contributed by atoms with Gasteiger partial charge in [-0.3, -0.25) is 4.79 Å². The standard InChI is InChI=1S/C11H15NO3/c1-8(7-13)12-11(14)9-4-3-5-10(6-9)15-2/h3-6,8,13H,7H2,1-2H3,(H,12,14)/t8-/m1/s1. The van der Waals surface area contributed by atoms with Crippen LogP contribution in [0.15, 0.2) is 24.3 Å². The first kappa shape index (κ1) is 11.5. The Bertz CT molecular complexity index is 338. The van der Waals surface area contributed by atoms with Crippen LogP contribution in [0.1, 0.15) is 17.3 Å². The van der Waals surface area contributed by atoms with E-state index in [1.165, 1.54) is 0 Å². The maximum atomic E-state index is 11.6. The molecule has 82 valence electrons. The van der Waals surface area contributed by atoms with Crippen molar-refractivity contribution in [2.24, 2.45) is 0 Å². The summed E-state index contributed by atoms with van der Waals surface area (Å²) in [4.78, 5) is 11.6.